The van der Waals surface area contributed by atoms with Gasteiger partial charge in [0.15, 0.2) is 11.5 Å². The summed E-state index contributed by atoms with van der Waals surface area (Å²) in [5.41, 5.74) is 9.14. The third-order valence-corrected chi connectivity index (χ3v) is 4.21. The second-order valence-corrected chi connectivity index (χ2v) is 5.93. The van der Waals surface area contributed by atoms with Crippen LogP contribution in [0.2, 0.25) is 0 Å². The largest absolute Gasteiger partial charge is 0.454 e. The van der Waals surface area contributed by atoms with Gasteiger partial charge in [-0.2, -0.15) is 0 Å². The van der Waals surface area contributed by atoms with E-state index in [0.29, 0.717) is 13.1 Å². The van der Waals surface area contributed by atoms with Crippen LogP contribution in [0.3, 0.4) is 0 Å². The Morgan fingerprint density at radius 3 is 2.58 bits per heavy atom. The highest BCUT2D eigenvalue weighted by atomic mass is 16.7. The first-order valence-electron chi connectivity index (χ1n) is 8.08. The molecule has 0 saturated heterocycles. The van der Waals surface area contributed by atoms with Gasteiger partial charge < -0.3 is 20.1 Å². The minimum atomic E-state index is -0.653. The lowest BCUT2D eigenvalue weighted by molar-refractivity contribution is -0.133. The van der Waals surface area contributed by atoms with Crippen LogP contribution in [0.25, 0.3) is 0 Å². The van der Waals surface area contributed by atoms with Gasteiger partial charge in [0.2, 0.25) is 12.7 Å². The van der Waals surface area contributed by atoms with Crippen LogP contribution < -0.4 is 15.2 Å². The second kappa shape index (κ2) is 6.93. The highest BCUT2D eigenvalue weighted by Crippen LogP contribution is 2.33. The smallest absolute Gasteiger partial charge is 0.244 e. The maximum Gasteiger partial charge on any atom is 0.244 e. The Hall–Kier alpha value is -2.53. The van der Waals surface area contributed by atoms with Gasteiger partial charge in [-0.1, -0.05) is 35.9 Å². The van der Waals surface area contributed by atoms with Crippen LogP contribution >= 0.6 is 0 Å². The molecule has 0 spiro atoms. The molecule has 0 saturated carbocycles. The molecule has 1 amide bonds. The normalized spacial score (nSPS) is 13.6. The number of ether oxygens (including phenoxy) is 2. The van der Waals surface area contributed by atoms with E-state index in [1.165, 1.54) is 0 Å². The number of hydrogen-bond donors (Lipinski definition) is 1. The van der Waals surface area contributed by atoms with Crippen molar-refractivity contribution in [3.63, 3.8) is 0 Å². The Kier molecular flexibility index (Phi) is 4.71. The van der Waals surface area contributed by atoms with Crippen molar-refractivity contribution < 1.29 is 14.3 Å². The van der Waals surface area contributed by atoms with Crippen molar-refractivity contribution in [2.24, 2.45) is 5.73 Å². The molecule has 2 aromatic rings. The SMILES string of the molecule is CCN(Cc1ccc2c(c1)OCO2)C(=O)C(N)c1ccc(C)cc1. The molecule has 0 aliphatic carbocycles. The minimum Gasteiger partial charge on any atom is -0.454 e. The van der Waals surface area contributed by atoms with Gasteiger partial charge in [-0.25, -0.2) is 0 Å². The van der Waals surface area contributed by atoms with Crippen molar-refractivity contribution in [3.8, 4) is 11.5 Å². The quantitative estimate of drug-likeness (QED) is 0.917. The Labute approximate surface area is 142 Å². The number of nitrogens with two attached hydrogens (primary N) is 1. The van der Waals surface area contributed by atoms with Gasteiger partial charge in [-0.15, -0.1) is 0 Å². The van der Waals surface area contributed by atoms with Crippen molar-refractivity contribution in [2.75, 3.05) is 13.3 Å². The number of nitrogens with zero attached hydrogens (tertiary/aromatic N) is 1. The topological polar surface area (TPSA) is 64.8 Å². The fraction of sp³-hybridized carbons (Fsp3) is 0.316. The molecule has 1 atom stereocenters. The molecule has 0 aromatic heterocycles. The van der Waals surface area contributed by atoms with Crippen LogP contribution in [0.15, 0.2) is 42.5 Å². The van der Waals surface area contributed by atoms with E-state index in [0.717, 1.165) is 28.2 Å². The predicted molar refractivity (Wildman–Crippen MR) is 91.8 cm³/mol. The molecule has 5 heteroatoms. The monoisotopic (exact) mass is 326 g/mol. The number of carbonyl (C=O) groups is 1. The molecule has 2 N–H and O–H groups in total. The van der Waals surface area contributed by atoms with E-state index in [1.807, 2.05) is 56.3 Å². The molecule has 0 bridgehead atoms. The summed E-state index contributed by atoms with van der Waals surface area (Å²) in [6, 6.07) is 12.8. The van der Waals surface area contributed by atoms with Crippen LogP contribution in [0.1, 0.15) is 29.7 Å². The van der Waals surface area contributed by atoms with E-state index in [2.05, 4.69) is 0 Å². The van der Waals surface area contributed by atoms with Gasteiger partial charge in [0.05, 0.1) is 0 Å². The molecule has 1 aliphatic rings. The zero-order valence-electron chi connectivity index (χ0n) is 14.0. The summed E-state index contributed by atoms with van der Waals surface area (Å²) in [6.07, 6.45) is 0. The second-order valence-electron chi connectivity index (χ2n) is 5.93. The van der Waals surface area contributed by atoms with Crippen LogP contribution in [-0.2, 0) is 11.3 Å². The third kappa shape index (κ3) is 3.36. The number of fused-ring (bicyclic) bond motifs is 1. The summed E-state index contributed by atoms with van der Waals surface area (Å²) >= 11 is 0. The average Bonchev–Trinajstić information content (AvgIpc) is 3.07. The molecule has 1 unspecified atom stereocenters. The van der Waals surface area contributed by atoms with Gasteiger partial charge in [0.25, 0.3) is 0 Å². The number of amides is 1. The van der Waals surface area contributed by atoms with Gasteiger partial charge in [-0.05, 0) is 37.1 Å². The van der Waals surface area contributed by atoms with Crippen LogP contribution in [0.4, 0.5) is 0 Å². The highest BCUT2D eigenvalue weighted by molar-refractivity contribution is 5.83. The Morgan fingerprint density at radius 1 is 1.17 bits per heavy atom. The standard InChI is InChI=1S/C19H22N2O3/c1-3-21(11-14-6-9-16-17(10-14)24-12-23-16)19(22)18(20)15-7-4-13(2)5-8-15/h4-10,18H,3,11-12,20H2,1-2H3. The zero-order valence-corrected chi connectivity index (χ0v) is 14.0. The maximum atomic E-state index is 12.7. The van der Waals surface area contributed by atoms with Gasteiger partial charge in [0.1, 0.15) is 6.04 Å². The van der Waals surface area contributed by atoms with Crippen molar-refractivity contribution in [1.29, 1.82) is 0 Å². The fourth-order valence-corrected chi connectivity index (χ4v) is 2.72. The number of carbonyl (C=O) groups excluding carboxylic acids is 1. The molecule has 5 nitrogen and oxygen atoms in total. The lowest BCUT2D eigenvalue weighted by atomic mass is 10.0. The van der Waals surface area contributed by atoms with Gasteiger partial charge >= 0.3 is 0 Å². The van der Waals surface area contributed by atoms with Gasteiger partial charge in [-0.3, -0.25) is 4.79 Å². The molecule has 0 radical (unpaired) electrons. The molecule has 126 valence electrons. The van der Waals surface area contributed by atoms with Gasteiger partial charge in [0, 0.05) is 13.1 Å². The van der Waals surface area contributed by atoms with Crippen LogP contribution in [0.5, 0.6) is 11.5 Å². The number of likely N-dealkylation sites (N-methyl/N-ethyl adjacent to an activating group) is 1. The Balaban J connectivity index is 1.73. The molecule has 2 aromatic carbocycles. The fourth-order valence-electron chi connectivity index (χ4n) is 2.72. The molecule has 24 heavy (non-hydrogen) atoms. The van der Waals surface area contributed by atoms with E-state index >= 15 is 0 Å². The lowest BCUT2D eigenvalue weighted by Gasteiger charge is -2.25. The Bertz CT molecular complexity index is 728. The first-order valence-corrected chi connectivity index (χ1v) is 8.08. The van der Waals surface area contributed by atoms with Crippen molar-refractivity contribution in [3.05, 3.63) is 59.2 Å². The maximum absolute atomic E-state index is 12.7. The van der Waals surface area contributed by atoms with E-state index in [1.54, 1.807) is 4.90 Å². The highest BCUT2D eigenvalue weighted by Gasteiger charge is 2.22. The summed E-state index contributed by atoms with van der Waals surface area (Å²) < 4.78 is 10.7. The average molecular weight is 326 g/mol. The molecule has 0 fully saturated rings. The summed E-state index contributed by atoms with van der Waals surface area (Å²) in [5, 5.41) is 0. The molecule has 3 rings (SSSR count). The molecule has 1 aliphatic heterocycles. The van der Waals surface area contributed by atoms with E-state index in [-0.39, 0.29) is 12.7 Å². The number of benzene rings is 2. The number of rotatable bonds is 5. The predicted octanol–water partition coefficient (Wildman–Crippen LogP) is 2.77. The summed E-state index contributed by atoms with van der Waals surface area (Å²) in [5.74, 6) is 1.38. The summed E-state index contributed by atoms with van der Waals surface area (Å²) in [4.78, 5) is 14.5. The molecular weight excluding hydrogens is 304 g/mol. The molecular formula is C19H22N2O3. The van der Waals surface area contributed by atoms with Crippen LogP contribution in [-0.4, -0.2) is 24.1 Å². The minimum absolute atomic E-state index is 0.0842. The first kappa shape index (κ1) is 16.3. The van der Waals surface area contributed by atoms with E-state index < -0.39 is 6.04 Å². The van der Waals surface area contributed by atoms with Crippen molar-refractivity contribution in [1.82, 2.24) is 4.90 Å². The summed E-state index contributed by atoms with van der Waals surface area (Å²) in [7, 11) is 0. The van der Waals surface area contributed by atoms with Crippen LogP contribution in [0, 0.1) is 6.92 Å². The zero-order chi connectivity index (χ0) is 17.1. The Morgan fingerprint density at radius 2 is 1.88 bits per heavy atom. The first-order chi connectivity index (χ1) is 11.6. The third-order valence-electron chi connectivity index (χ3n) is 4.21. The summed E-state index contributed by atoms with van der Waals surface area (Å²) in [6.45, 7) is 5.29. The van der Waals surface area contributed by atoms with Crippen molar-refractivity contribution in [2.45, 2.75) is 26.4 Å². The number of aryl methyl sites for hydroxylation is 1. The van der Waals surface area contributed by atoms with E-state index in [4.69, 9.17) is 15.2 Å². The van der Waals surface area contributed by atoms with E-state index in [9.17, 15) is 4.79 Å². The van der Waals surface area contributed by atoms with Crippen molar-refractivity contribution >= 4 is 5.91 Å². The molecule has 1 heterocycles. The lowest BCUT2D eigenvalue weighted by Crippen LogP contribution is -2.38. The number of hydrogen-bond acceptors (Lipinski definition) is 4.